The molecule has 2 aromatic rings. The minimum absolute atomic E-state index is 0. The summed E-state index contributed by atoms with van der Waals surface area (Å²) in [6.07, 6.45) is 0. The van der Waals surface area contributed by atoms with Crippen LogP contribution in [0.1, 0.15) is 22.8 Å². The summed E-state index contributed by atoms with van der Waals surface area (Å²) < 4.78 is 7.35. The van der Waals surface area contributed by atoms with Crippen molar-refractivity contribution < 1.29 is 4.42 Å². The minimum atomic E-state index is 0. The number of furan rings is 1. The Kier molecular flexibility index (Phi) is 7.76. The normalized spacial score (nSPS) is 11.3. The van der Waals surface area contributed by atoms with E-state index in [9.17, 15) is 0 Å². The fourth-order valence-corrected chi connectivity index (χ4v) is 2.61. The number of nitrogens with zero attached hydrogens (tertiary/aromatic N) is 2. The number of aryl methyl sites for hydroxylation is 2. The van der Waals surface area contributed by atoms with Crippen LogP contribution in [0.2, 0.25) is 10.2 Å². The predicted octanol–water partition coefficient (Wildman–Crippen LogP) is 4.02. The van der Waals surface area contributed by atoms with E-state index in [0.29, 0.717) is 29.2 Å². The van der Waals surface area contributed by atoms with E-state index in [-0.39, 0.29) is 24.0 Å². The van der Waals surface area contributed by atoms with Crippen LogP contribution in [-0.2, 0) is 20.1 Å². The molecule has 0 aliphatic rings. The van der Waals surface area contributed by atoms with E-state index in [0.717, 1.165) is 22.8 Å². The highest BCUT2D eigenvalue weighted by Gasteiger charge is 2.10. The molecule has 23 heavy (non-hydrogen) atoms. The van der Waals surface area contributed by atoms with Gasteiger partial charge in [-0.05, 0) is 26.0 Å². The van der Waals surface area contributed by atoms with Gasteiger partial charge in [-0.3, -0.25) is 4.99 Å². The summed E-state index contributed by atoms with van der Waals surface area (Å²) in [7, 11) is 3.60. The molecule has 0 saturated carbocycles. The standard InChI is InChI=1S/C15H20Cl2N4O.HI/c1-9-5-11(10(2)22-9)7-19-15(18-3)20-8-12-6-13(16)14(17)21(12)4;/h5-6H,7-8H2,1-4H3,(H2,18,19,20);1H. The zero-order chi connectivity index (χ0) is 16.3. The summed E-state index contributed by atoms with van der Waals surface area (Å²) in [5.41, 5.74) is 2.10. The average Bonchev–Trinajstić information content (AvgIpc) is 2.93. The first-order valence-electron chi connectivity index (χ1n) is 6.92. The van der Waals surface area contributed by atoms with Crippen molar-refractivity contribution in [1.29, 1.82) is 0 Å². The summed E-state index contributed by atoms with van der Waals surface area (Å²) in [5.74, 6) is 2.53. The van der Waals surface area contributed by atoms with Gasteiger partial charge in [0.2, 0.25) is 0 Å². The van der Waals surface area contributed by atoms with Crippen LogP contribution in [-0.4, -0.2) is 17.6 Å². The number of guanidine groups is 1. The van der Waals surface area contributed by atoms with Gasteiger partial charge in [-0.1, -0.05) is 23.2 Å². The quantitative estimate of drug-likeness (QED) is 0.403. The van der Waals surface area contributed by atoms with Gasteiger partial charge in [-0.15, -0.1) is 24.0 Å². The largest absolute Gasteiger partial charge is 0.466 e. The van der Waals surface area contributed by atoms with Crippen molar-refractivity contribution in [2.24, 2.45) is 12.0 Å². The number of aliphatic imine (C=N–C) groups is 1. The molecule has 0 fully saturated rings. The molecule has 0 atom stereocenters. The number of hydrogen-bond donors (Lipinski definition) is 2. The van der Waals surface area contributed by atoms with Crippen LogP contribution in [0.15, 0.2) is 21.5 Å². The molecule has 5 nitrogen and oxygen atoms in total. The van der Waals surface area contributed by atoms with Crippen LogP contribution >= 0.6 is 47.2 Å². The van der Waals surface area contributed by atoms with Crippen LogP contribution < -0.4 is 10.6 Å². The average molecular weight is 471 g/mol. The molecule has 0 aromatic carbocycles. The molecule has 0 unspecified atom stereocenters. The fraction of sp³-hybridized carbons (Fsp3) is 0.400. The number of rotatable bonds is 4. The lowest BCUT2D eigenvalue weighted by molar-refractivity contribution is 0.500. The van der Waals surface area contributed by atoms with Crippen LogP contribution in [0.4, 0.5) is 0 Å². The second-order valence-electron chi connectivity index (χ2n) is 5.05. The van der Waals surface area contributed by atoms with Gasteiger partial charge < -0.3 is 19.6 Å². The number of halogens is 3. The molecular formula is C15H21Cl2IN4O. The number of nitrogens with one attached hydrogen (secondary N) is 2. The highest BCUT2D eigenvalue weighted by Crippen LogP contribution is 2.24. The molecule has 2 rings (SSSR count). The number of hydrogen-bond acceptors (Lipinski definition) is 2. The monoisotopic (exact) mass is 470 g/mol. The zero-order valence-corrected chi connectivity index (χ0v) is 17.4. The molecule has 0 spiro atoms. The van der Waals surface area contributed by atoms with Crippen LogP contribution in [0.5, 0.6) is 0 Å². The lowest BCUT2D eigenvalue weighted by Crippen LogP contribution is -2.36. The Hall–Kier alpha value is -0.860. The Morgan fingerprint density at radius 1 is 1.22 bits per heavy atom. The highest BCUT2D eigenvalue weighted by molar-refractivity contribution is 14.0. The maximum absolute atomic E-state index is 6.06. The van der Waals surface area contributed by atoms with Crippen molar-refractivity contribution in [2.75, 3.05) is 7.05 Å². The van der Waals surface area contributed by atoms with E-state index in [1.165, 1.54) is 0 Å². The first-order chi connectivity index (χ1) is 10.4. The molecule has 0 aliphatic carbocycles. The second kappa shape index (κ2) is 8.84. The predicted molar refractivity (Wildman–Crippen MR) is 106 cm³/mol. The molecule has 2 heterocycles. The van der Waals surface area contributed by atoms with Crippen molar-refractivity contribution in [2.45, 2.75) is 26.9 Å². The molecule has 128 valence electrons. The molecular weight excluding hydrogens is 450 g/mol. The lowest BCUT2D eigenvalue weighted by atomic mass is 10.2. The Bertz CT molecular complexity index is 694. The Labute approximate surface area is 163 Å². The maximum atomic E-state index is 6.06. The van der Waals surface area contributed by atoms with Gasteiger partial charge in [0.05, 0.1) is 11.6 Å². The van der Waals surface area contributed by atoms with Crippen molar-refractivity contribution in [3.05, 3.63) is 45.1 Å². The topological polar surface area (TPSA) is 54.5 Å². The number of aromatic nitrogens is 1. The first kappa shape index (κ1) is 20.2. The van der Waals surface area contributed by atoms with Gasteiger partial charge in [-0.25, -0.2) is 0 Å². The van der Waals surface area contributed by atoms with E-state index >= 15 is 0 Å². The van der Waals surface area contributed by atoms with Crippen molar-refractivity contribution in [3.8, 4) is 0 Å². The van der Waals surface area contributed by atoms with E-state index in [4.69, 9.17) is 27.6 Å². The van der Waals surface area contributed by atoms with Gasteiger partial charge in [0, 0.05) is 31.9 Å². The Morgan fingerprint density at radius 2 is 1.87 bits per heavy atom. The van der Waals surface area contributed by atoms with Crippen molar-refractivity contribution in [1.82, 2.24) is 15.2 Å². The van der Waals surface area contributed by atoms with Crippen LogP contribution in [0, 0.1) is 13.8 Å². The molecule has 0 amide bonds. The van der Waals surface area contributed by atoms with E-state index < -0.39 is 0 Å². The van der Waals surface area contributed by atoms with Gasteiger partial charge in [0.25, 0.3) is 0 Å². The zero-order valence-electron chi connectivity index (χ0n) is 13.5. The molecule has 0 radical (unpaired) electrons. The molecule has 8 heteroatoms. The van der Waals surface area contributed by atoms with Gasteiger partial charge in [0.15, 0.2) is 5.96 Å². The summed E-state index contributed by atoms with van der Waals surface area (Å²) in [6, 6.07) is 3.86. The Balaban J connectivity index is 0.00000264. The van der Waals surface area contributed by atoms with Gasteiger partial charge >= 0.3 is 0 Å². The summed E-state index contributed by atoms with van der Waals surface area (Å²) in [5, 5.41) is 7.57. The van der Waals surface area contributed by atoms with Gasteiger partial charge in [-0.2, -0.15) is 0 Å². The van der Waals surface area contributed by atoms with E-state index in [1.807, 2.05) is 37.6 Å². The molecule has 0 aliphatic heterocycles. The highest BCUT2D eigenvalue weighted by atomic mass is 127. The SMILES string of the molecule is CN=C(NCc1cc(C)oc1C)NCc1cc(Cl)c(Cl)n1C.I. The summed E-state index contributed by atoms with van der Waals surface area (Å²) >= 11 is 12.1. The van der Waals surface area contributed by atoms with E-state index in [2.05, 4.69) is 15.6 Å². The second-order valence-corrected chi connectivity index (χ2v) is 5.82. The Morgan fingerprint density at radius 3 is 2.35 bits per heavy atom. The fourth-order valence-electron chi connectivity index (χ4n) is 2.19. The van der Waals surface area contributed by atoms with Gasteiger partial charge in [0.1, 0.15) is 16.7 Å². The molecule has 2 aromatic heterocycles. The third-order valence-corrected chi connectivity index (χ3v) is 4.31. The van der Waals surface area contributed by atoms with Crippen molar-refractivity contribution in [3.63, 3.8) is 0 Å². The first-order valence-corrected chi connectivity index (χ1v) is 7.68. The summed E-state index contributed by atoms with van der Waals surface area (Å²) in [6.45, 7) is 5.12. The van der Waals surface area contributed by atoms with Crippen LogP contribution in [0.3, 0.4) is 0 Å². The molecule has 0 bridgehead atoms. The third-order valence-electron chi connectivity index (χ3n) is 3.47. The maximum Gasteiger partial charge on any atom is 0.191 e. The van der Waals surface area contributed by atoms with Crippen LogP contribution in [0.25, 0.3) is 0 Å². The minimum Gasteiger partial charge on any atom is -0.466 e. The summed E-state index contributed by atoms with van der Waals surface area (Å²) in [4.78, 5) is 4.20. The van der Waals surface area contributed by atoms with Crippen molar-refractivity contribution >= 4 is 53.1 Å². The molecule has 2 N–H and O–H groups in total. The smallest absolute Gasteiger partial charge is 0.191 e. The lowest BCUT2D eigenvalue weighted by Gasteiger charge is -2.12. The van der Waals surface area contributed by atoms with E-state index in [1.54, 1.807) is 7.05 Å². The molecule has 0 saturated heterocycles. The third kappa shape index (κ3) is 5.06.